The van der Waals surface area contributed by atoms with Crippen molar-refractivity contribution in [3.8, 4) is 17.1 Å². The van der Waals surface area contributed by atoms with Crippen LogP contribution in [-0.2, 0) is 11.3 Å². The molecule has 6 heteroatoms. The Morgan fingerprint density at radius 3 is 2.69 bits per heavy atom. The van der Waals surface area contributed by atoms with E-state index in [1.807, 2.05) is 68.4 Å². The molecule has 26 heavy (non-hydrogen) atoms. The summed E-state index contributed by atoms with van der Waals surface area (Å²) in [5.41, 5.74) is 2.01. The van der Waals surface area contributed by atoms with Crippen molar-refractivity contribution < 1.29 is 14.1 Å². The van der Waals surface area contributed by atoms with Crippen LogP contribution in [0.25, 0.3) is 11.4 Å². The topological polar surface area (TPSA) is 68.5 Å². The molecule has 0 fully saturated rings. The molecular formula is C20H21N3O3. The number of ether oxygens (including phenoxy) is 1. The molecule has 0 aliphatic carbocycles. The number of amides is 1. The Morgan fingerprint density at radius 2 is 1.96 bits per heavy atom. The van der Waals surface area contributed by atoms with Crippen LogP contribution in [0, 0.1) is 6.92 Å². The van der Waals surface area contributed by atoms with Gasteiger partial charge in [0.15, 0.2) is 6.61 Å². The van der Waals surface area contributed by atoms with E-state index in [2.05, 4.69) is 10.1 Å². The number of benzene rings is 2. The largest absolute Gasteiger partial charge is 0.484 e. The van der Waals surface area contributed by atoms with Gasteiger partial charge in [0.1, 0.15) is 12.3 Å². The second-order valence-corrected chi connectivity index (χ2v) is 5.89. The van der Waals surface area contributed by atoms with Gasteiger partial charge in [0, 0.05) is 12.1 Å². The number of hydrogen-bond acceptors (Lipinski definition) is 5. The minimum absolute atomic E-state index is 0.0310. The molecule has 0 N–H and O–H groups in total. The van der Waals surface area contributed by atoms with Crippen LogP contribution in [-0.4, -0.2) is 34.1 Å². The molecule has 0 unspecified atom stereocenters. The normalized spacial score (nSPS) is 10.5. The second-order valence-electron chi connectivity index (χ2n) is 5.89. The van der Waals surface area contributed by atoms with Crippen LogP contribution in [0.15, 0.2) is 59.1 Å². The van der Waals surface area contributed by atoms with E-state index in [4.69, 9.17) is 9.26 Å². The Balaban J connectivity index is 1.62. The average molecular weight is 351 g/mol. The standard InChI is InChI=1S/C20H21N3O3/c1-3-23(19(24)14-25-17-10-5-4-6-11-17)13-18-21-20(22-26-18)16-9-7-8-15(2)12-16/h4-12H,3,13-14H2,1-2H3. The highest BCUT2D eigenvalue weighted by molar-refractivity contribution is 5.77. The molecular weight excluding hydrogens is 330 g/mol. The molecule has 6 nitrogen and oxygen atoms in total. The third-order valence-corrected chi connectivity index (χ3v) is 3.91. The fourth-order valence-electron chi connectivity index (χ4n) is 2.51. The number of para-hydroxylation sites is 1. The summed E-state index contributed by atoms with van der Waals surface area (Å²) < 4.78 is 10.8. The van der Waals surface area contributed by atoms with Crippen LogP contribution in [0.2, 0.25) is 0 Å². The molecule has 1 amide bonds. The number of aromatic nitrogens is 2. The highest BCUT2D eigenvalue weighted by atomic mass is 16.5. The number of carbonyl (C=O) groups is 1. The first kappa shape index (κ1) is 17.7. The third-order valence-electron chi connectivity index (χ3n) is 3.91. The van der Waals surface area contributed by atoms with Crippen molar-refractivity contribution in [2.75, 3.05) is 13.2 Å². The molecule has 0 radical (unpaired) electrons. The fourth-order valence-corrected chi connectivity index (χ4v) is 2.51. The lowest BCUT2D eigenvalue weighted by Gasteiger charge is -2.18. The Morgan fingerprint density at radius 1 is 1.15 bits per heavy atom. The van der Waals surface area contributed by atoms with E-state index in [9.17, 15) is 4.79 Å². The van der Waals surface area contributed by atoms with Gasteiger partial charge in [0.2, 0.25) is 11.7 Å². The lowest BCUT2D eigenvalue weighted by atomic mass is 10.1. The highest BCUT2D eigenvalue weighted by Crippen LogP contribution is 2.17. The van der Waals surface area contributed by atoms with E-state index < -0.39 is 0 Å². The molecule has 0 spiro atoms. The molecule has 134 valence electrons. The van der Waals surface area contributed by atoms with Gasteiger partial charge in [-0.1, -0.05) is 47.1 Å². The van der Waals surface area contributed by atoms with Gasteiger partial charge in [-0.2, -0.15) is 4.98 Å². The number of hydrogen-bond donors (Lipinski definition) is 0. The molecule has 0 bridgehead atoms. The maximum absolute atomic E-state index is 12.4. The van der Waals surface area contributed by atoms with Crippen LogP contribution in [0.4, 0.5) is 0 Å². The molecule has 2 aromatic carbocycles. The van der Waals surface area contributed by atoms with Crippen molar-refractivity contribution in [1.29, 1.82) is 0 Å². The van der Waals surface area contributed by atoms with Gasteiger partial charge in [-0.15, -0.1) is 0 Å². The van der Waals surface area contributed by atoms with Crippen molar-refractivity contribution in [3.63, 3.8) is 0 Å². The molecule has 1 aromatic heterocycles. The first-order valence-corrected chi connectivity index (χ1v) is 8.51. The number of rotatable bonds is 7. The van der Waals surface area contributed by atoms with Crippen molar-refractivity contribution in [2.24, 2.45) is 0 Å². The smallest absolute Gasteiger partial charge is 0.260 e. The van der Waals surface area contributed by atoms with Gasteiger partial charge in [0.25, 0.3) is 5.91 Å². The van der Waals surface area contributed by atoms with Crippen LogP contribution >= 0.6 is 0 Å². The Kier molecular flexibility index (Phi) is 5.63. The molecule has 0 aliphatic heterocycles. The van der Waals surface area contributed by atoms with Crippen LogP contribution < -0.4 is 4.74 Å². The van der Waals surface area contributed by atoms with E-state index in [0.717, 1.165) is 11.1 Å². The van der Waals surface area contributed by atoms with Crippen molar-refractivity contribution in [2.45, 2.75) is 20.4 Å². The van der Waals surface area contributed by atoms with Gasteiger partial charge in [-0.25, -0.2) is 0 Å². The summed E-state index contributed by atoms with van der Waals surface area (Å²) in [5.74, 6) is 1.45. The molecule has 0 aliphatic rings. The number of carbonyl (C=O) groups excluding carboxylic acids is 1. The summed E-state index contributed by atoms with van der Waals surface area (Å²) in [6, 6.07) is 17.1. The lowest BCUT2D eigenvalue weighted by molar-refractivity contribution is -0.134. The van der Waals surface area contributed by atoms with Crippen molar-refractivity contribution in [3.05, 3.63) is 66.1 Å². The third kappa shape index (κ3) is 4.47. The zero-order valence-electron chi connectivity index (χ0n) is 14.9. The predicted octanol–water partition coefficient (Wildman–Crippen LogP) is 3.47. The Hall–Kier alpha value is -3.15. The Bertz CT molecular complexity index is 862. The Labute approximate surface area is 152 Å². The van der Waals surface area contributed by atoms with Crippen LogP contribution in [0.5, 0.6) is 5.75 Å². The summed E-state index contributed by atoms with van der Waals surface area (Å²) in [5, 5.41) is 4.01. The zero-order chi connectivity index (χ0) is 18.4. The summed E-state index contributed by atoms with van der Waals surface area (Å²) in [7, 11) is 0. The van der Waals surface area contributed by atoms with Gasteiger partial charge in [0.05, 0.1) is 0 Å². The van der Waals surface area contributed by atoms with Gasteiger partial charge in [-0.05, 0) is 32.0 Å². The van der Waals surface area contributed by atoms with Gasteiger partial charge >= 0.3 is 0 Å². The number of likely N-dealkylation sites (N-methyl/N-ethyl adjacent to an activating group) is 1. The first-order chi connectivity index (χ1) is 12.7. The quantitative estimate of drug-likeness (QED) is 0.652. The molecule has 0 atom stereocenters. The van der Waals surface area contributed by atoms with E-state index in [-0.39, 0.29) is 19.1 Å². The van der Waals surface area contributed by atoms with Crippen molar-refractivity contribution >= 4 is 5.91 Å². The van der Waals surface area contributed by atoms with Gasteiger partial charge in [-0.3, -0.25) is 4.79 Å². The van der Waals surface area contributed by atoms with E-state index in [1.54, 1.807) is 4.90 Å². The van der Waals surface area contributed by atoms with Crippen LogP contribution in [0.3, 0.4) is 0 Å². The SMILES string of the molecule is CCN(Cc1nc(-c2cccc(C)c2)no1)C(=O)COc1ccccc1. The molecule has 0 saturated carbocycles. The number of nitrogens with zero attached hydrogens (tertiary/aromatic N) is 3. The molecule has 0 saturated heterocycles. The van der Waals surface area contributed by atoms with Gasteiger partial charge < -0.3 is 14.2 Å². The minimum atomic E-state index is -0.133. The molecule has 3 aromatic rings. The maximum atomic E-state index is 12.4. The highest BCUT2D eigenvalue weighted by Gasteiger charge is 2.17. The zero-order valence-corrected chi connectivity index (χ0v) is 14.9. The predicted molar refractivity (Wildman–Crippen MR) is 97.5 cm³/mol. The molecule has 3 rings (SSSR count). The minimum Gasteiger partial charge on any atom is -0.484 e. The second kappa shape index (κ2) is 8.29. The van der Waals surface area contributed by atoms with E-state index >= 15 is 0 Å². The monoisotopic (exact) mass is 351 g/mol. The van der Waals surface area contributed by atoms with E-state index in [0.29, 0.717) is 24.0 Å². The first-order valence-electron chi connectivity index (χ1n) is 8.51. The summed E-state index contributed by atoms with van der Waals surface area (Å²) in [6.07, 6.45) is 0. The summed E-state index contributed by atoms with van der Waals surface area (Å²) in [4.78, 5) is 18.4. The van der Waals surface area contributed by atoms with Crippen molar-refractivity contribution in [1.82, 2.24) is 15.0 Å². The number of aryl methyl sites for hydroxylation is 1. The molecule has 1 heterocycles. The maximum Gasteiger partial charge on any atom is 0.260 e. The fraction of sp³-hybridized carbons (Fsp3) is 0.250. The average Bonchev–Trinajstić information content (AvgIpc) is 3.14. The summed E-state index contributed by atoms with van der Waals surface area (Å²) >= 11 is 0. The lowest BCUT2D eigenvalue weighted by Crippen LogP contribution is -2.34. The summed E-state index contributed by atoms with van der Waals surface area (Å²) in [6.45, 7) is 4.66. The van der Waals surface area contributed by atoms with Crippen LogP contribution in [0.1, 0.15) is 18.4 Å². The van der Waals surface area contributed by atoms with E-state index in [1.165, 1.54) is 0 Å².